The summed E-state index contributed by atoms with van der Waals surface area (Å²) in [5.74, 6) is 1.90. The molecule has 1 atom stereocenters. The summed E-state index contributed by atoms with van der Waals surface area (Å²) in [7, 11) is -3.62. The fourth-order valence-electron chi connectivity index (χ4n) is 4.17. The van der Waals surface area contributed by atoms with Gasteiger partial charge in [-0.1, -0.05) is 23.7 Å². The van der Waals surface area contributed by atoms with Gasteiger partial charge in [0.1, 0.15) is 0 Å². The Morgan fingerprint density at radius 1 is 1.20 bits per heavy atom. The Labute approximate surface area is 208 Å². The summed E-state index contributed by atoms with van der Waals surface area (Å²) in [6, 6.07) is 11.2. The number of piperidine rings is 1. The van der Waals surface area contributed by atoms with Crippen LogP contribution in [0.15, 0.2) is 52.4 Å². The standard InChI is InChI=1S/C25H26N4O4S2/c1-4-14-28-22-13-10-20(26-18(3)30)16-23(22)34-25(28)27-24(31)19-8-11-21(12-9-19)35(32,33)29-15-6-5-7-17(29)2/h1,8-13,16-17H,5-7,14-15H2,2-3H3,(H,26,30). The summed E-state index contributed by atoms with van der Waals surface area (Å²) in [6.45, 7) is 4.07. The summed E-state index contributed by atoms with van der Waals surface area (Å²) in [6.07, 6.45) is 8.24. The van der Waals surface area contributed by atoms with Gasteiger partial charge in [-0.2, -0.15) is 9.30 Å². The van der Waals surface area contributed by atoms with Crippen molar-refractivity contribution in [3.63, 3.8) is 0 Å². The third kappa shape index (κ3) is 5.22. The number of thiazole rings is 1. The summed E-state index contributed by atoms with van der Waals surface area (Å²) in [5, 5.41) is 2.74. The van der Waals surface area contributed by atoms with E-state index in [2.05, 4.69) is 16.2 Å². The zero-order valence-electron chi connectivity index (χ0n) is 19.5. The van der Waals surface area contributed by atoms with Crippen molar-refractivity contribution in [1.82, 2.24) is 8.87 Å². The van der Waals surface area contributed by atoms with Gasteiger partial charge < -0.3 is 9.88 Å². The molecule has 35 heavy (non-hydrogen) atoms. The molecule has 1 aliphatic rings. The SMILES string of the molecule is C#CCn1c(=NC(=O)c2ccc(S(=O)(=O)N3CCCCC3C)cc2)sc2cc(NC(C)=O)ccc21. The van der Waals surface area contributed by atoms with Gasteiger partial charge in [0.25, 0.3) is 5.91 Å². The molecule has 1 fully saturated rings. The van der Waals surface area contributed by atoms with Crippen molar-refractivity contribution < 1.29 is 18.0 Å². The van der Waals surface area contributed by atoms with Crippen molar-refractivity contribution in [2.24, 2.45) is 4.99 Å². The number of nitrogens with zero attached hydrogens (tertiary/aromatic N) is 3. The first-order valence-electron chi connectivity index (χ1n) is 11.3. The monoisotopic (exact) mass is 510 g/mol. The highest BCUT2D eigenvalue weighted by molar-refractivity contribution is 7.89. The summed E-state index contributed by atoms with van der Waals surface area (Å²) >= 11 is 1.28. The van der Waals surface area contributed by atoms with E-state index in [1.54, 1.807) is 16.7 Å². The lowest BCUT2D eigenvalue weighted by Crippen LogP contribution is -2.41. The third-order valence-corrected chi connectivity index (χ3v) is 8.97. The highest BCUT2D eigenvalue weighted by atomic mass is 32.2. The van der Waals surface area contributed by atoms with Gasteiger partial charge in [-0.05, 0) is 62.2 Å². The molecule has 0 bridgehead atoms. The number of nitrogens with one attached hydrogen (secondary N) is 1. The number of amides is 2. The van der Waals surface area contributed by atoms with Crippen molar-refractivity contribution in [3.8, 4) is 12.3 Å². The van der Waals surface area contributed by atoms with Gasteiger partial charge >= 0.3 is 0 Å². The Kier molecular flexibility index (Phi) is 7.21. The van der Waals surface area contributed by atoms with Gasteiger partial charge in [0.2, 0.25) is 15.9 Å². The maximum absolute atomic E-state index is 13.1. The Hall–Kier alpha value is -3.26. The Balaban J connectivity index is 1.65. The smallest absolute Gasteiger partial charge is 0.279 e. The molecule has 2 aromatic carbocycles. The number of terminal acetylenes is 1. The molecule has 10 heteroatoms. The van der Waals surface area contributed by atoms with Gasteiger partial charge in [-0.25, -0.2) is 8.42 Å². The molecule has 0 spiro atoms. The molecule has 1 aromatic heterocycles. The van der Waals surface area contributed by atoms with Crippen LogP contribution in [0.2, 0.25) is 0 Å². The minimum absolute atomic E-state index is 0.0456. The van der Waals surface area contributed by atoms with Crippen LogP contribution >= 0.6 is 11.3 Å². The lowest BCUT2D eigenvalue weighted by molar-refractivity contribution is -0.114. The van der Waals surface area contributed by atoms with E-state index in [1.807, 2.05) is 13.0 Å². The second kappa shape index (κ2) is 10.2. The molecule has 8 nitrogen and oxygen atoms in total. The number of rotatable bonds is 5. The molecule has 2 heterocycles. The van der Waals surface area contributed by atoms with E-state index >= 15 is 0 Å². The molecule has 1 N–H and O–H groups in total. The van der Waals surface area contributed by atoms with Gasteiger partial charge in [-0.15, -0.1) is 6.42 Å². The molecule has 0 aliphatic carbocycles. The average Bonchev–Trinajstić information content (AvgIpc) is 3.15. The topological polar surface area (TPSA) is 101 Å². The van der Waals surface area contributed by atoms with Crippen molar-refractivity contribution in [2.45, 2.75) is 50.6 Å². The van der Waals surface area contributed by atoms with Gasteiger partial charge in [0.05, 0.1) is 21.7 Å². The second-order valence-electron chi connectivity index (χ2n) is 8.44. The molecule has 1 unspecified atom stereocenters. The van der Waals surface area contributed by atoms with Crippen molar-refractivity contribution in [2.75, 3.05) is 11.9 Å². The quantitative estimate of drug-likeness (QED) is 0.530. The van der Waals surface area contributed by atoms with E-state index in [1.165, 1.54) is 46.8 Å². The van der Waals surface area contributed by atoms with E-state index in [9.17, 15) is 18.0 Å². The van der Waals surface area contributed by atoms with E-state index < -0.39 is 15.9 Å². The summed E-state index contributed by atoms with van der Waals surface area (Å²) in [4.78, 5) is 29.2. The Bertz CT molecular complexity index is 1490. The van der Waals surface area contributed by atoms with Gasteiger partial charge in [0.15, 0.2) is 4.80 Å². The number of benzene rings is 2. The third-order valence-electron chi connectivity index (χ3n) is 5.90. The summed E-state index contributed by atoms with van der Waals surface area (Å²) in [5.41, 5.74) is 1.71. The van der Waals surface area contributed by atoms with Crippen LogP contribution in [0, 0.1) is 12.3 Å². The molecular formula is C25H26N4O4S2. The molecule has 0 radical (unpaired) electrons. The maximum atomic E-state index is 13.1. The van der Waals surface area contributed by atoms with Crippen LogP contribution in [0.5, 0.6) is 0 Å². The lowest BCUT2D eigenvalue weighted by atomic mass is 10.1. The van der Waals surface area contributed by atoms with Crippen LogP contribution in [-0.2, 0) is 21.4 Å². The molecule has 1 aliphatic heterocycles. The number of carbonyl (C=O) groups excluding carboxylic acids is 2. The first-order chi connectivity index (χ1) is 16.7. The minimum atomic E-state index is -3.62. The van der Waals surface area contributed by atoms with Crippen molar-refractivity contribution in [3.05, 3.63) is 52.8 Å². The molecule has 3 aromatic rings. The highest BCUT2D eigenvalue weighted by Gasteiger charge is 2.30. The van der Waals surface area contributed by atoms with Crippen LogP contribution in [0.1, 0.15) is 43.5 Å². The number of fused-ring (bicyclic) bond motifs is 1. The van der Waals surface area contributed by atoms with Crippen molar-refractivity contribution >= 4 is 49.1 Å². The van der Waals surface area contributed by atoms with Crippen molar-refractivity contribution in [1.29, 1.82) is 0 Å². The number of hydrogen-bond donors (Lipinski definition) is 1. The van der Waals surface area contributed by atoms with E-state index in [0.29, 0.717) is 17.0 Å². The second-order valence-corrected chi connectivity index (χ2v) is 11.3. The summed E-state index contributed by atoms with van der Waals surface area (Å²) < 4.78 is 30.2. The van der Waals surface area contributed by atoms with Crippen LogP contribution in [0.25, 0.3) is 10.2 Å². The van der Waals surface area contributed by atoms with E-state index in [0.717, 1.165) is 29.5 Å². The largest absolute Gasteiger partial charge is 0.326 e. The number of hydrogen-bond acceptors (Lipinski definition) is 5. The molecular weight excluding hydrogens is 484 g/mol. The molecule has 0 saturated carbocycles. The number of aromatic nitrogens is 1. The van der Waals surface area contributed by atoms with Crippen LogP contribution in [0.3, 0.4) is 0 Å². The Morgan fingerprint density at radius 3 is 2.60 bits per heavy atom. The zero-order valence-corrected chi connectivity index (χ0v) is 21.2. The fourth-order valence-corrected chi connectivity index (χ4v) is 6.94. The first-order valence-corrected chi connectivity index (χ1v) is 13.5. The molecule has 182 valence electrons. The maximum Gasteiger partial charge on any atom is 0.279 e. The van der Waals surface area contributed by atoms with Gasteiger partial charge in [0, 0.05) is 30.8 Å². The predicted molar refractivity (Wildman–Crippen MR) is 136 cm³/mol. The predicted octanol–water partition coefficient (Wildman–Crippen LogP) is 3.60. The zero-order chi connectivity index (χ0) is 25.2. The Morgan fingerprint density at radius 2 is 1.94 bits per heavy atom. The number of anilines is 1. The first kappa shape index (κ1) is 24.9. The van der Waals surface area contributed by atoms with E-state index in [-0.39, 0.29) is 29.0 Å². The lowest BCUT2D eigenvalue weighted by Gasteiger charge is -2.32. The van der Waals surface area contributed by atoms with Crippen LogP contribution in [-0.4, -0.2) is 41.7 Å². The van der Waals surface area contributed by atoms with Crippen LogP contribution < -0.4 is 10.1 Å². The van der Waals surface area contributed by atoms with Crippen LogP contribution in [0.4, 0.5) is 5.69 Å². The highest BCUT2D eigenvalue weighted by Crippen LogP contribution is 2.26. The molecule has 1 saturated heterocycles. The number of carbonyl (C=O) groups is 2. The number of sulfonamides is 1. The normalized spacial score (nSPS) is 17.3. The molecule has 4 rings (SSSR count). The minimum Gasteiger partial charge on any atom is -0.326 e. The fraction of sp³-hybridized carbons (Fsp3) is 0.320. The van der Waals surface area contributed by atoms with Gasteiger partial charge in [-0.3, -0.25) is 9.59 Å². The van der Waals surface area contributed by atoms with E-state index in [4.69, 9.17) is 6.42 Å². The molecule has 2 amide bonds. The average molecular weight is 511 g/mol.